The molecule has 0 aromatic carbocycles. The van der Waals surface area contributed by atoms with Crippen molar-refractivity contribution in [2.45, 2.75) is 18.6 Å². The normalized spacial score (nSPS) is 34.8. The Hall–Kier alpha value is -0.610. The minimum absolute atomic E-state index is 0.218. The molecule has 0 spiro atoms. The zero-order valence-electron chi connectivity index (χ0n) is 4.83. The lowest BCUT2D eigenvalue weighted by Crippen LogP contribution is -2.29. The highest BCUT2D eigenvalue weighted by Crippen LogP contribution is 2.05. The van der Waals surface area contributed by atoms with Crippen LogP contribution in [0.3, 0.4) is 0 Å². The summed E-state index contributed by atoms with van der Waals surface area (Å²) >= 11 is 0. The number of aliphatic carboxylic acids is 1. The summed E-state index contributed by atoms with van der Waals surface area (Å²) in [4.78, 5) is 10.1. The van der Waals surface area contributed by atoms with Crippen molar-refractivity contribution in [2.75, 3.05) is 6.54 Å². The molecule has 0 aliphatic carbocycles. The molecular weight excluding hydrogens is 122 g/mol. The summed E-state index contributed by atoms with van der Waals surface area (Å²) in [5, 5.41) is 21.4. The third-order valence-corrected chi connectivity index (χ3v) is 1.39. The monoisotopic (exact) mass is 130 g/mol. The molecule has 0 saturated carbocycles. The van der Waals surface area contributed by atoms with Crippen molar-refractivity contribution in [3.8, 4) is 0 Å². The Morgan fingerprint density at radius 2 is 2.33 bits per heavy atom. The Kier molecular flexibility index (Phi) is 1.68. The van der Waals surface area contributed by atoms with Gasteiger partial charge in [-0.2, -0.15) is 0 Å². The molecule has 1 aliphatic rings. The van der Waals surface area contributed by atoms with Crippen molar-refractivity contribution in [2.24, 2.45) is 0 Å². The fourth-order valence-corrected chi connectivity index (χ4v) is 0.891. The number of carboxylic acid groups (broad SMARTS) is 1. The number of nitrogens with one attached hydrogen (secondary N) is 1. The van der Waals surface area contributed by atoms with E-state index in [1.807, 2.05) is 0 Å². The van der Waals surface area contributed by atoms with E-state index in [2.05, 4.69) is 5.32 Å². The van der Waals surface area contributed by atoms with Crippen LogP contribution in [-0.4, -0.2) is 29.8 Å². The van der Waals surface area contributed by atoms with E-state index < -0.39 is 18.1 Å². The van der Waals surface area contributed by atoms with Crippen LogP contribution in [0, 0.1) is 0 Å². The summed E-state index contributed by atoms with van der Waals surface area (Å²) in [6.07, 6.45) is -0.513. The van der Waals surface area contributed by atoms with Crippen LogP contribution in [0.5, 0.6) is 0 Å². The molecule has 4 heteroatoms. The van der Waals surface area contributed by atoms with Gasteiger partial charge >= 0.3 is 5.97 Å². The summed E-state index contributed by atoms with van der Waals surface area (Å²) in [6, 6.07) is -0.604. The van der Waals surface area contributed by atoms with Crippen molar-refractivity contribution in [3.05, 3.63) is 0 Å². The van der Waals surface area contributed by atoms with Crippen molar-refractivity contribution in [3.63, 3.8) is 0 Å². The molecule has 9 heavy (non-hydrogen) atoms. The van der Waals surface area contributed by atoms with Gasteiger partial charge in [0.15, 0.2) is 0 Å². The second-order valence-electron chi connectivity index (χ2n) is 2.16. The second kappa shape index (κ2) is 2.33. The predicted molar refractivity (Wildman–Crippen MR) is 28.5 cm³/mol. The van der Waals surface area contributed by atoms with E-state index in [-0.39, 0.29) is 13.0 Å². The molecule has 1 aliphatic heterocycles. The zero-order valence-corrected chi connectivity index (χ0v) is 4.83. The summed E-state index contributed by atoms with van der Waals surface area (Å²) in [5.74, 6) is -0.923. The van der Waals surface area contributed by atoms with E-state index >= 15 is 0 Å². The van der Waals surface area contributed by atoms with Gasteiger partial charge in [-0.05, 0) is 0 Å². The Morgan fingerprint density at radius 3 is 2.56 bits per heavy atom. The van der Waals surface area contributed by atoms with Gasteiger partial charge in [-0.1, -0.05) is 0 Å². The molecule has 51 valence electrons. The predicted octanol–water partition coefficient (Wildman–Crippen LogP) is -0.768. The molecule has 2 N–H and O–H groups in total. The first-order valence-corrected chi connectivity index (χ1v) is 2.82. The summed E-state index contributed by atoms with van der Waals surface area (Å²) in [7, 11) is 0. The molecule has 0 bridgehead atoms. The van der Waals surface area contributed by atoms with Gasteiger partial charge in [0, 0.05) is 13.0 Å². The molecule has 4 nitrogen and oxygen atoms in total. The number of hydrogen-bond acceptors (Lipinski definition) is 2. The maximum atomic E-state index is 10.5. The Labute approximate surface area is 52.5 Å². The van der Waals surface area contributed by atoms with Gasteiger partial charge in [0.1, 0.15) is 12.1 Å². The van der Waals surface area contributed by atoms with Gasteiger partial charge in [-0.3, -0.25) is 4.79 Å². The fourth-order valence-electron chi connectivity index (χ4n) is 0.891. The van der Waals surface area contributed by atoms with E-state index in [1.54, 1.807) is 0 Å². The second-order valence-corrected chi connectivity index (χ2v) is 2.16. The smallest absolute Gasteiger partial charge is 0.320 e. The van der Waals surface area contributed by atoms with Crippen molar-refractivity contribution in [1.29, 1.82) is 0 Å². The molecule has 1 fully saturated rings. The molecule has 1 radical (unpaired) electrons. The van der Waals surface area contributed by atoms with E-state index in [0.29, 0.717) is 0 Å². The van der Waals surface area contributed by atoms with E-state index in [1.165, 1.54) is 0 Å². The van der Waals surface area contributed by atoms with Crippen LogP contribution >= 0.6 is 0 Å². The molecule has 2 atom stereocenters. The number of carboxylic acids is 1. The molecule has 0 amide bonds. The van der Waals surface area contributed by atoms with Crippen LogP contribution in [0.15, 0.2) is 0 Å². The van der Waals surface area contributed by atoms with Crippen LogP contribution in [-0.2, 0) is 9.90 Å². The first-order chi connectivity index (χ1) is 4.20. The quantitative estimate of drug-likeness (QED) is 0.489. The van der Waals surface area contributed by atoms with Crippen molar-refractivity contribution < 1.29 is 15.0 Å². The third-order valence-electron chi connectivity index (χ3n) is 1.39. The largest absolute Gasteiger partial charge is 0.480 e. The maximum Gasteiger partial charge on any atom is 0.320 e. The first kappa shape index (κ1) is 6.51. The van der Waals surface area contributed by atoms with Gasteiger partial charge in [-0.15, -0.1) is 0 Å². The SMILES string of the molecule is [O]C1CN[C@H](C(=O)O)C1. The third kappa shape index (κ3) is 1.40. The van der Waals surface area contributed by atoms with E-state index in [0.717, 1.165) is 0 Å². The Bertz CT molecular complexity index is 125. The van der Waals surface area contributed by atoms with Crippen LogP contribution < -0.4 is 5.32 Å². The fraction of sp³-hybridized carbons (Fsp3) is 0.800. The molecule has 1 heterocycles. The number of rotatable bonds is 1. The van der Waals surface area contributed by atoms with Crippen LogP contribution in [0.1, 0.15) is 6.42 Å². The highest BCUT2D eigenvalue weighted by molar-refractivity contribution is 5.73. The molecule has 1 unspecified atom stereocenters. The number of hydrogen-bond donors (Lipinski definition) is 2. The summed E-state index contributed by atoms with van der Waals surface area (Å²) < 4.78 is 0. The van der Waals surface area contributed by atoms with Gasteiger partial charge in [0.05, 0.1) is 0 Å². The van der Waals surface area contributed by atoms with Crippen molar-refractivity contribution in [1.82, 2.24) is 5.32 Å². The van der Waals surface area contributed by atoms with Gasteiger partial charge < -0.3 is 10.4 Å². The van der Waals surface area contributed by atoms with Gasteiger partial charge in [0.2, 0.25) is 0 Å². The summed E-state index contributed by atoms with van der Waals surface area (Å²) in [6.45, 7) is 0.289. The number of carbonyl (C=O) groups is 1. The van der Waals surface area contributed by atoms with Crippen LogP contribution in [0.25, 0.3) is 0 Å². The van der Waals surface area contributed by atoms with Crippen LogP contribution in [0.4, 0.5) is 0 Å². The highest BCUT2D eigenvalue weighted by atomic mass is 16.4. The zero-order chi connectivity index (χ0) is 6.85. The lowest BCUT2D eigenvalue weighted by atomic mass is 10.2. The van der Waals surface area contributed by atoms with Gasteiger partial charge in [0.25, 0.3) is 0 Å². The first-order valence-electron chi connectivity index (χ1n) is 2.82. The molecule has 1 saturated heterocycles. The Balaban J connectivity index is 2.39. The van der Waals surface area contributed by atoms with Crippen molar-refractivity contribution >= 4 is 5.97 Å². The molecular formula is C5H8NO3. The standard InChI is InChI=1S/C5H8NO3/c7-3-1-4(5(8)9)6-2-3/h3-4,6H,1-2H2,(H,8,9)/t3?,4-/m0/s1. The molecule has 0 aromatic heterocycles. The average molecular weight is 130 g/mol. The van der Waals surface area contributed by atoms with E-state index in [4.69, 9.17) is 5.11 Å². The van der Waals surface area contributed by atoms with Gasteiger partial charge in [-0.25, -0.2) is 5.11 Å². The Morgan fingerprint density at radius 1 is 1.67 bits per heavy atom. The van der Waals surface area contributed by atoms with E-state index in [9.17, 15) is 9.90 Å². The highest BCUT2D eigenvalue weighted by Gasteiger charge is 2.28. The van der Waals surface area contributed by atoms with Crippen LogP contribution in [0.2, 0.25) is 0 Å². The lowest BCUT2D eigenvalue weighted by Gasteiger charge is -1.99. The minimum Gasteiger partial charge on any atom is -0.480 e. The summed E-state index contributed by atoms with van der Waals surface area (Å²) in [5.41, 5.74) is 0. The average Bonchev–Trinajstić information content (AvgIpc) is 2.14. The lowest BCUT2D eigenvalue weighted by molar-refractivity contribution is -0.139. The molecule has 0 aromatic rings. The minimum atomic E-state index is -0.923. The topological polar surface area (TPSA) is 69.2 Å². The molecule has 1 rings (SSSR count). The maximum absolute atomic E-state index is 10.5.